The predicted octanol–water partition coefficient (Wildman–Crippen LogP) is 1.90. The number of anilines is 2. The quantitative estimate of drug-likeness (QED) is 0.847. The number of imide groups is 1. The van der Waals surface area contributed by atoms with E-state index >= 15 is 0 Å². The van der Waals surface area contributed by atoms with E-state index in [1.165, 1.54) is 30.6 Å². The number of amides is 4. The Bertz CT molecular complexity index is 651. The molecule has 0 unspecified atom stereocenters. The highest BCUT2D eigenvalue weighted by atomic mass is 16.2. The number of hydrogen-bond donors (Lipinski definition) is 1. The fourth-order valence-electron chi connectivity index (χ4n) is 3.25. The molecule has 2 heterocycles. The SMILES string of the molecule is CN1CC(=O)N(CC(=O)Nc2ccc(N3CCCCCC3)cc2)C1=O. The van der Waals surface area contributed by atoms with E-state index in [2.05, 4.69) is 10.2 Å². The second-order valence-electron chi connectivity index (χ2n) is 6.61. The molecule has 25 heavy (non-hydrogen) atoms. The van der Waals surface area contributed by atoms with Crippen molar-refractivity contribution in [3.63, 3.8) is 0 Å². The molecule has 2 aliphatic rings. The van der Waals surface area contributed by atoms with Crippen LogP contribution in [-0.4, -0.2) is 60.9 Å². The third kappa shape index (κ3) is 4.10. The third-order valence-corrected chi connectivity index (χ3v) is 4.65. The van der Waals surface area contributed by atoms with Gasteiger partial charge in [-0.25, -0.2) is 4.79 Å². The van der Waals surface area contributed by atoms with Crippen LogP contribution in [0.2, 0.25) is 0 Å². The second-order valence-corrected chi connectivity index (χ2v) is 6.61. The van der Waals surface area contributed by atoms with Gasteiger partial charge in [0.15, 0.2) is 0 Å². The Morgan fingerprint density at radius 2 is 1.68 bits per heavy atom. The van der Waals surface area contributed by atoms with E-state index in [-0.39, 0.29) is 24.9 Å². The van der Waals surface area contributed by atoms with Gasteiger partial charge in [0.2, 0.25) is 5.91 Å². The summed E-state index contributed by atoms with van der Waals surface area (Å²) in [6.45, 7) is 1.91. The predicted molar refractivity (Wildman–Crippen MR) is 95.5 cm³/mol. The zero-order valence-corrected chi connectivity index (χ0v) is 14.5. The molecular formula is C18H24N4O3. The normalized spacial score (nSPS) is 18.5. The Hall–Kier alpha value is -2.57. The number of likely N-dealkylation sites (N-methyl/N-ethyl adjacent to an activating group) is 1. The summed E-state index contributed by atoms with van der Waals surface area (Å²) >= 11 is 0. The molecule has 0 atom stereocenters. The van der Waals surface area contributed by atoms with E-state index in [0.29, 0.717) is 5.69 Å². The molecule has 0 saturated carbocycles. The van der Waals surface area contributed by atoms with Crippen molar-refractivity contribution in [1.82, 2.24) is 9.80 Å². The van der Waals surface area contributed by atoms with Crippen LogP contribution in [0.4, 0.5) is 16.2 Å². The Morgan fingerprint density at radius 3 is 2.24 bits per heavy atom. The van der Waals surface area contributed by atoms with Crippen LogP contribution in [0.3, 0.4) is 0 Å². The largest absolute Gasteiger partial charge is 0.372 e. The molecule has 7 heteroatoms. The molecular weight excluding hydrogens is 320 g/mol. The maximum absolute atomic E-state index is 12.1. The average molecular weight is 344 g/mol. The van der Waals surface area contributed by atoms with E-state index in [1.54, 1.807) is 7.05 Å². The molecule has 1 aromatic carbocycles. The van der Waals surface area contributed by atoms with E-state index < -0.39 is 6.03 Å². The number of nitrogens with one attached hydrogen (secondary N) is 1. The summed E-state index contributed by atoms with van der Waals surface area (Å²) in [5, 5.41) is 2.75. The van der Waals surface area contributed by atoms with Crippen molar-refractivity contribution in [3.05, 3.63) is 24.3 Å². The van der Waals surface area contributed by atoms with E-state index in [0.717, 1.165) is 23.7 Å². The number of rotatable bonds is 4. The summed E-state index contributed by atoms with van der Waals surface area (Å²) in [6.07, 6.45) is 5.00. The lowest BCUT2D eigenvalue weighted by atomic mass is 10.2. The van der Waals surface area contributed by atoms with Crippen LogP contribution in [0, 0.1) is 0 Å². The van der Waals surface area contributed by atoms with Crippen molar-refractivity contribution in [2.45, 2.75) is 25.7 Å². The average Bonchev–Trinajstić information content (AvgIpc) is 2.81. The van der Waals surface area contributed by atoms with Crippen molar-refractivity contribution in [2.24, 2.45) is 0 Å². The molecule has 0 spiro atoms. The Balaban J connectivity index is 1.56. The van der Waals surface area contributed by atoms with Crippen LogP contribution < -0.4 is 10.2 Å². The molecule has 2 saturated heterocycles. The van der Waals surface area contributed by atoms with Gasteiger partial charge in [-0.2, -0.15) is 0 Å². The summed E-state index contributed by atoms with van der Waals surface area (Å²) in [5.41, 5.74) is 1.82. The van der Waals surface area contributed by atoms with Crippen LogP contribution in [0.5, 0.6) is 0 Å². The molecule has 0 bridgehead atoms. The standard InChI is InChI=1S/C18H24N4O3/c1-20-13-17(24)22(18(20)25)12-16(23)19-14-6-8-15(9-7-14)21-10-4-2-3-5-11-21/h6-9H,2-5,10-13H2,1H3,(H,19,23). The molecule has 4 amide bonds. The molecule has 0 radical (unpaired) electrons. The minimum atomic E-state index is -0.434. The monoisotopic (exact) mass is 344 g/mol. The molecule has 0 aromatic heterocycles. The fraction of sp³-hybridized carbons (Fsp3) is 0.500. The van der Waals surface area contributed by atoms with Gasteiger partial charge in [0.05, 0.1) is 0 Å². The van der Waals surface area contributed by atoms with Crippen molar-refractivity contribution in [3.8, 4) is 0 Å². The first-order chi connectivity index (χ1) is 12.0. The summed E-state index contributed by atoms with van der Waals surface area (Å²) in [4.78, 5) is 40.3. The molecule has 7 nitrogen and oxygen atoms in total. The zero-order valence-electron chi connectivity index (χ0n) is 14.5. The molecule has 134 valence electrons. The van der Waals surface area contributed by atoms with Crippen molar-refractivity contribution < 1.29 is 14.4 Å². The topological polar surface area (TPSA) is 73.0 Å². The number of hydrogen-bond acceptors (Lipinski definition) is 4. The minimum absolute atomic E-state index is 0.0244. The first-order valence-corrected chi connectivity index (χ1v) is 8.75. The third-order valence-electron chi connectivity index (χ3n) is 4.65. The zero-order chi connectivity index (χ0) is 17.8. The van der Waals surface area contributed by atoms with Crippen molar-refractivity contribution in [2.75, 3.05) is 43.4 Å². The van der Waals surface area contributed by atoms with Gasteiger partial charge in [-0.1, -0.05) is 12.8 Å². The Kier molecular flexibility index (Phi) is 5.21. The highest BCUT2D eigenvalue weighted by molar-refractivity contribution is 6.06. The molecule has 1 aromatic rings. The highest BCUT2D eigenvalue weighted by Crippen LogP contribution is 2.21. The summed E-state index contributed by atoms with van der Waals surface area (Å²) < 4.78 is 0. The van der Waals surface area contributed by atoms with E-state index in [4.69, 9.17) is 0 Å². The minimum Gasteiger partial charge on any atom is -0.372 e. The second kappa shape index (κ2) is 7.55. The molecule has 0 aliphatic carbocycles. The van der Waals surface area contributed by atoms with Crippen molar-refractivity contribution >= 4 is 29.2 Å². The van der Waals surface area contributed by atoms with Crippen LogP contribution in [0.25, 0.3) is 0 Å². The van der Waals surface area contributed by atoms with Crippen molar-refractivity contribution in [1.29, 1.82) is 0 Å². The lowest BCUT2D eigenvalue weighted by Crippen LogP contribution is -2.38. The lowest BCUT2D eigenvalue weighted by Gasteiger charge is -2.22. The number of urea groups is 1. The number of nitrogens with zero attached hydrogens (tertiary/aromatic N) is 3. The van der Waals surface area contributed by atoms with Crippen LogP contribution in [0.15, 0.2) is 24.3 Å². The molecule has 1 N–H and O–H groups in total. The van der Waals surface area contributed by atoms with Gasteiger partial charge in [0, 0.05) is 31.5 Å². The van der Waals surface area contributed by atoms with Crippen LogP contribution in [0.1, 0.15) is 25.7 Å². The number of carbonyl (C=O) groups excluding carboxylic acids is 3. The smallest absolute Gasteiger partial charge is 0.327 e. The van der Waals surface area contributed by atoms with Gasteiger partial charge < -0.3 is 15.1 Å². The number of benzene rings is 1. The van der Waals surface area contributed by atoms with Gasteiger partial charge in [-0.3, -0.25) is 14.5 Å². The summed E-state index contributed by atoms with van der Waals surface area (Å²) in [6, 6.07) is 7.29. The first-order valence-electron chi connectivity index (χ1n) is 8.75. The molecule has 3 rings (SSSR count). The Morgan fingerprint density at radius 1 is 1.04 bits per heavy atom. The number of carbonyl (C=O) groups is 3. The van der Waals surface area contributed by atoms with Gasteiger partial charge >= 0.3 is 6.03 Å². The lowest BCUT2D eigenvalue weighted by molar-refractivity contribution is -0.129. The molecule has 2 aliphatic heterocycles. The van der Waals surface area contributed by atoms with Crippen LogP contribution >= 0.6 is 0 Å². The van der Waals surface area contributed by atoms with E-state index in [1.807, 2.05) is 24.3 Å². The highest BCUT2D eigenvalue weighted by Gasteiger charge is 2.34. The summed E-state index contributed by atoms with van der Waals surface area (Å²) in [5.74, 6) is -0.723. The van der Waals surface area contributed by atoms with Gasteiger partial charge in [0.1, 0.15) is 13.1 Å². The first kappa shape index (κ1) is 17.3. The van der Waals surface area contributed by atoms with Crippen LogP contribution in [-0.2, 0) is 9.59 Å². The van der Waals surface area contributed by atoms with Gasteiger partial charge in [-0.05, 0) is 37.1 Å². The fourth-order valence-corrected chi connectivity index (χ4v) is 3.25. The maximum atomic E-state index is 12.1. The van der Waals surface area contributed by atoms with E-state index in [9.17, 15) is 14.4 Å². The Labute approximate surface area is 147 Å². The molecule has 2 fully saturated rings. The summed E-state index contributed by atoms with van der Waals surface area (Å²) in [7, 11) is 1.54. The van der Waals surface area contributed by atoms with Gasteiger partial charge in [-0.15, -0.1) is 0 Å². The maximum Gasteiger partial charge on any atom is 0.327 e. The van der Waals surface area contributed by atoms with Gasteiger partial charge in [0.25, 0.3) is 5.91 Å².